The van der Waals surface area contributed by atoms with Gasteiger partial charge in [-0.1, -0.05) is 24.3 Å². The molecule has 1 aliphatic rings. The van der Waals surface area contributed by atoms with Crippen LogP contribution < -0.4 is 21.3 Å². The van der Waals surface area contributed by atoms with Crippen molar-refractivity contribution in [2.45, 2.75) is 25.8 Å². The third-order valence-corrected chi connectivity index (χ3v) is 4.41. The lowest BCUT2D eigenvalue weighted by atomic mass is 9.92. The molecule has 3 rings (SSSR count). The Labute approximate surface area is 165 Å². The first kappa shape index (κ1) is 20.7. The van der Waals surface area contributed by atoms with Crippen LogP contribution in [0.1, 0.15) is 19.8 Å². The monoisotopic (exact) mass is 388 g/mol. The highest BCUT2D eigenvalue weighted by Crippen LogP contribution is 2.20. The molecule has 1 fully saturated rings. The number of halogens is 1. The van der Waals surface area contributed by atoms with E-state index in [-0.39, 0.29) is 30.3 Å². The number of hydrogen-bond acceptors (Lipinski definition) is 3. The van der Waals surface area contributed by atoms with Crippen LogP contribution in [0.5, 0.6) is 0 Å². The third kappa shape index (κ3) is 6.27. The Morgan fingerprint density at radius 3 is 2.26 bits per heavy atom. The summed E-state index contributed by atoms with van der Waals surface area (Å²) >= 11 is 0. The minimum Gasteiger partial charge on any atom is -0.326 e. The van der Waals surface area contributed by atoms with Gasteiger partial charge in [0, 0.05) is 29.0 Å². The number of benzene rings is 2. The summed E-state index contributed by atoms with van der Waals surface area (Å²) in [5, 5.41) is 11.8. The number of rotatable bonds is 4. The maximum Gasteiger partial charge on any atom is 0.323 e. The van der Waals surface area contributed by atoms with Crippen LogP contribution in [0.3, 0.4) is 0 Å². The van der Waals surface area contributed by atoms with E-state index in [9.17, 15) is 9.59 Å². The first-order valence-corrected chi connectivity index (χ1v) is 8.87. The number of anilines is 3. The smallest absolute Gasteiger partial charge is 0.323 e. The van der Waals surface area contributed by atoms with Gasteiger partial charge in [-0.25, -0.2) is 4.79 Å². The molecule has 2 aromatic carbocycles. The SMILES string of the molecule is C[C@H]1C[C@@H](C(=O)Nc2cccc(NC(=O)Nc3ccccc3)c2)CCN1.Cl. The second-order valence-electron chi connectivity index (χ2n) is 6.59. The number of carbonyl (C=O) groups excluding carboxylic acids is 2. The van der Waals surface area contributed by atoms with Crippen LogP contribution in [0.25, 0.3) is 0 Å². The Kier molecular flexibility index (Phi) is 7.64. The largest absolute Gasteiger partial charge is 0.326 e. The van der Waals surface area contributed by atoms with Gasteiger partial charge in [-0.05, 0) is 56.6 Å². The summed E-state index contributed by atoms with van der Waals surface area (Å²) in [5.41, 5.74) is 2.02. The maximum absolute atomic E-state index is 12.4. The number of urea groups is 1. The lowest BCUT2D eigenvalue weighted by Crippen LogP contribution is -2.40. The van der Waals surface area contributed by atoms with Gasteiger partial charge in [0.25, 0.3) is 0 Å². The van der Waals surface area contributed by atoms with Crippen molar-refractivity contribution < 1.29 is 9.59 Å². The summed E-state index contributed by atoms with van der Waals surface area (Å²) in [7, 11) is 0. The summed E-state index contributed by atoms with van der Waals surface area (Å²) in [6.07, 6.45) is 1.68. The molecule has 7 heteroatoms. The van der Waals surface area contributed by atoms with E-state index in [1.54, 1.807) is 18.2 Å². The van der Waals surface area contributed by atoms with Crippen molar-refractivity contribution in [3.8, 4) is 0 Å². The molecular weight excluding hydrogens is 364 g/mol. The first-order chi connectivity index (χ1) is 12.6. The van der Waals surface area contributed by atoms with Crippen molar-refractivity contribution in [2.24, 2.45) is 5.92 Å². The fraction of sp³-hybridized carbons (Fsp3) is 0.300. The Morgan fingerprint density at radius 2 is 1.56 bits per heavy atom. The van der Waals surface area contributed by atoms with Crippen LogP contribution in [0.4, 0.5) is 21.9 Å². The molecule has 0 aromatic heterocycles. The van der Waals surface area contributed by atoms with Gasteiger partial charge in [0.2, 0.25) is 5.91 Å². The summed E-state index contributed by atoms with van der Waals surface area (Å²) in [5.74, 6) is 0.0495. The van der Waals surface area contributed by atoms with E-state index in [0.29, 0.717) is 17.4 Å². The van der Waals surface area contributed by atoms with Crippen LogP contribution in [-0.2, 0) is 4.79 Å². The van der Waals surface area contributed by atoms with Crippen molar-refractivity contribution >= 4 is 41.4 Å². The van der Waals surface area contributed by atoms with E-state index in [2.05, 4.69) is 28.2 Å². The predicted molar refractivity (Wildman–Crippen MR) is 112 cm³/mol. The topological polar surface area (TPSA) is 82.3 Å². The maximum atomic E-state index is 12.4. The standard InChI is InChI=1S/C20H24N4O2.ClH/c1-14-12-15(10-11-21-14)19(25)22-17-8-5-9-18(13-17)24-20(26)23-16-6-3-2-4-7-16;/h2-9,13-15,21H,10-12H2,1H3,(H,22,25)(H2,23,24,26);1H/t14-,15-;/m0./s1. The zero-order chi connectivity index (χ0) is 18.4. The quantitative estimate of drug-likeness (QED) is 0.637. The highest BCUT2D eigenvalue weighted by molar-refractivity contribution is 6.00. The predicted octanol–water partition coefficient (Wildman–Crippen LogP) is 4.08. The van der Waals surface area contributed by atoms with E-state index in [4.69, 9.17) is 0 Å². The molecule has 4 N–H and O–H groups in total. The van der Waals surface area contributed by atoms with Crippen molar-refractivity contribution in [3.63, 3.8) is 0 Å². The molecule has 144 valence electrons. The fourth-order valence-electron chi connectivity index (χ4n) is 3.10. The molecule has 27 heavy (non-hydrogen) atoms. The van der Waals surface area contributed by atoms with Gasteiger partial charge in [0.15, 0.2) is 0 Å². The van der Waals surface area contributed by atoms with Crippen LogP contribution in [0.2, 0.25) is 0 Å². The average molecular weight is 389 g/mol. The molecule has 1 aliphatic heterocycles. The van der Waals surface area contributed by atoms with Gasteiger partial charge in [-0.3, -0.25) is 4.79 Å². The fourth-order valence-corrected chi connectivity index (χ4v) is 3.10. The minimum absolute atomic E-state index is 0. The number of hydrogen-bond donors (Lipinski definition) is 4. The minimum atomic E-state index is -0.327. The molecule has 3 amide bonds. The molecule has 0 unspecified atom stereocenters. The number of para-hydroxylation sites is 1. The normalized spacial score (nSPS) is 18.7. The van der Waals surface area contributed by atoms with Crippen molar-refractivity contribution in [1.82, 2.24) is 5.32 Å². The van der Waals surface area contributed by atoms with Crippen LogP contribution in [-0.4, -0.2) is 24.5 Å². The van der Waals surface area contributed by atoms with Crippen molar-refractivity contribution in [2.75, 3.05) is 22.5 Å². The Morgan fingerprint density at radius 1 is 0.926 bits per heavy atom. The van der Waals surface area contributed by atoms with Crippen LogP contribution in [0.15, 0.2) is 54.6 Å². The Bertz CT molecular complexity index is 770. The zero-order valence-electron chi connectivity index (χ0n) is 15.2. The van der Waals surface area contributed by atoms with E-state index in [1.165, 1.54) is 0 Å². The average Bonchev–Trinajstić information content (AvgIpc) is 2.62. The second-order valence-corrected chi connectivity index (χ2v) is 6.59. The van der Waals surface area contributed by atoms with Gasteiger partial charge in [0.1, 0.15) is 0 Å². The first-order valence-electron chi connectivity index (χ1n) is 8.87. The van der Waals surface area contributed by atoms with Crippen LogP contribution in [0, 0.1) is 5.92 Å². The highest BCUT2D eigenvalue weighted by atomic mass is 35.5. The molecule has 0 bridgehead atoms. The number of amides is 3. The Balaban J connectivity index is 0.00000261. The summed E-state index contributed by atoms with van der Waals surface area (Å²) in [6, 6.07) is 16.4. The van der Waals surface area contributed by atoms with Gasteiger partial charge in [0.05, 0.1) is 0 Å². The molecule has 0 spiro atoms. The molecule has 2 atom stereocenters. The van der Waals surface area contributed by atoms with E-state index in [0.717, 1.165) is 25.1 Å². The number of nitrogens with one attached hydrogen (secondary N) is 4. The lowest BCUT2D eigenvalue weighted by Gasteiger charge is -2.27. The van der Waals surface area contributed by atoms with Gasteiger partial charge in [-0.15, -0.1) is 12.4 Å². The molecule has 6 nitrogen and oxygen atoms in total. The number of carbonyl (C=O) groups is 2. The molecule has 0 aliphatic carbocycles. The molecule has 1 saturated heterocycles. The summed E-state index contributed by atoms with van der Waals surface area (Å²) < 4.78 is 0. The van der Waals surface area contributed by atoms with Crippen molar-refractivity contribution in [3.05, 3.63) is 54.6 Å². The zero-order valence-corrected chi connectivity index (χ0v) is 16.0. The van der Waals surface area contributed by atoms with Crippen LogP contribution >= 0.6 is 12.4 Å². The van der Waals surface area contributed by atoms with E-state index in [1.807, 2.05) is 36.4 Å². The summed E-state index contributed by atoms with van der Waals surface area (Å²) in [6.45, 7) is 2.95. The molecule has 1 heterocycles. The second kappa shape index (κ2) is 9.94. The molecule has 0 saturated carbocycles. The number of piperidine rings is 1. The Hall–Kier alpha value is -2.57. The van der Waals surface area contributed by atoms with Gasteiger partial charge >= 0.3 is 6.03 Å². The molecule has 0 radical (unpaired) electrons. The van der Waals surface area contributed by atoms with Gasteiger partial charge in [-0.2, -0.15) is 0 Å². The molecule has 2 aromatic rings. The summed E-state index contributed by atoms with van der Waals surface area (Å²) in [4.78, 5) is 24.5. The lowest BCUT2D eigenvalue weighted by molar-refractivity contribution is -0.120. The van der Waals surface area contributed by atoms with Crippen molar-refractivity contribution in [1.29, 1.82) is 0 Å². The van der Waals surface area contributed by atoms with Gasteiger partial charge < -0.3 is 21.3 Å². The third-order valence-electron chi connectivity index (χ3n) is 4.41. The molecular formula is C20H25ClN4O2. The van der Waals surface area contributed by atoms with E-state index >= 15 is 0 Å². The highest BCUT2D eigenvalue weighted by Gasteiger charge is 2.24. The van der Waals surface area contributed by atoms with E-state index < -0.39 is 0 Å².